The van der Waals surface area contributed by atoms with Gasteiger partial charge in [-0.25, -0.2) is 4.98 Å². The first-order valence-electron chi connectivity index (χ1n) is 5.91. The Morgan fingerprint density at radius 2 is 2.06 bits per heavy atom. The van der Waals surface area contributed by atoms with Crippen molar-refractivity contribution in [3.63, 3.8) is 0 Å². The zero-order valence-electron chi connectivity index (χ0n) is 9.85. The summed E-state index contributed by atoms with van der Waals surface area (Å²) in [4.78, 5) is 7.26. The summed E-state index contributed by atoms with van der Waals surface area (Å²) < 4.78 is 11.2. The fourth-order valence-electron chi connectivity index (χ4n) is 1.90. The molecule has 2 N–H and O–H groups in total. The quantitative estimate of drug-likeness (QED) is 0.846. The highest BCUT2D eigenvalue weighted by Crippen LogP contribution is 2.33. The Hall–Kier alpha value is -2.01. The van der Waals surface area contributed by atoms with E-state index in [9.17, 15) is 0 Å². The Bertz CT molecular complexity index is 551. The van der Waals surface area contributed by atoms with Gasteiger partial charge >= 0.3 is 0 Å². The summed E-state index contributed by atoms with van der Waals surface area (Å²) in [6.45, 7) is 1.30. The number of aliphatic hydroxyl groups excluding tert-OH is 1. The van der Waals surface area contributed by atoms with Gasteiger partial charge in [-0.2, -0.15) is 0 Å². The number of nitrogens with zero attached hydrogens (tertiary/aromatic N) is 1. The molecule has 2 heterocycles. The van der Waals surface area contributed by atoms with Gasteiger partial charge in [-0.15, -0.1) is 0 Å². The molecule has 5 nitrogen and oxygen atoms in total. The van der Waals surface area contributed by atoms with E-state index >= 15 is 0 Å². The molecule has 0 aliphatic carbocycles. The summed E-state index contributed by atoms with van der Waals surface area (Å²) in [6, 6.07) is 5.71. The molecule has 1 aliphatic heterocycles. The van der Waals surface area contributed by atoms with E-state index < -0.39 is 0 Å². The number of H-pyrrole nitrogens is 1. The smallest absolute Gasteiger partial charge is 0.161 e. The van der Waals surface area contributed by atoms with Crippen LogP contribution in [0.3, 0.4) is 0 Å². The average molecular weight is 246 g/mol. The van der Waals surface area contributed by atoms with Crippen LogP contribution in [-0.2, 0) is 6.61 Å². The molecule has 5 heteroatoms. The fourth-order valence-corrected chi connectivity index (χ4v) is 1.90. The van der Waals surface area contributed by atoms with Crippen molar-refractivity contribution >= 4 is 0 Å². The van der Waals surface area contributed by atoms with Gasteiger partial charge in [0.1, 0.15) is 5.82 Å². The molecule has 18 heavy (non-hydrogen) atoms. The number of benzene rings is 1. The lowest BCUT2D eigenvalue weighted by molar-refractivity contribution is 0.277. The fraction of sp³-hybridized carbons (Fsp3) is 0.308. The van der Waals surface area contributed by atoms with Crippen LogP contribution in [0.2, 0.25) is 0 Å². The second-order valence-electron chi connectivity index (χ2n) is 4.13. The van der Waals surface area contributed by atoms with Crippen LogP contribution in [0.5, 0.6) is 11.5 Å². The van der Waals surface area contributed by atoms with Crippen molar-refractivity contribution in [2.24, 2.45) is 0 Å². The van der Waals surface area contributed by atoms with Crippen LogP contribution in [0, 0.1) is 0 Å². The number of rotatable bonds is 2. The zero-order valence-corrected chi connectivity index (χ0v) is 9.85. The molecule has 2 aromatic rings. The highest BCUT2D eigenvalue weighted by atomic mass is 16.5. The second kappa shape index (κ2) is 4.70. The van der Waals surface area contributed by atoms with Gasteiger partial charge in [0.25, 0.3) is 0 Å². The van der Waals surface area contributed by atoms with Gasteiger partial charge in [0.2, 0.25) is 0 Å². The Morgan fingerprint density at radius 3 is 2.83 bits per heavy atom. The van der Waals surface area contributed by atoms with E-state index in [-0.39, 0.29) is 6.61 Å². The molecular formula is C13H14N2O3. The standard InChI is InChI=1S/C13H14N2O3/c16-8-10-7-14-13(15-10)9-2-3-11-12(6-9)18-5-1-4-17-11/h2-3,6-7,16H,1,4-5,8H2,(H,14,15). The highest BCUT2D eigenvalue weighted by Gasteiger charge is 2.12. The van der Waals surface area contributed by atoms with E-state index in [1.54, 1.807) is 6.20 Å². The molecule has 3 rings (SSSR count). The van der Waals surface area contributed by atoms with Gasteiger partial charge in [0.05, 0.1) is 31.7 Å². The second-order valence-corrected chi connectivity index (χ2v) is 4.13. The molecule has 0 saturated carbocycles. The lowest BCUT2D eigenvalue weighted by atomic mass is 10.2. The van der Waals surface area contributed by atoms with Gasteiger partial charge in [0.15, 0.2) is 11.5 Å². The lowest BCUT2D eigenvalue weighted by Crippen LogP contribution is -1.97. The van der Waals surface area contributed by atoms with Crippen molar-refractivity contribution in [1.29, 1.82) is 0 Å². The predicted octanol–water partition coefficient (Wildman–Crippen LogP) is 1.73. The van der Waals surface area contributed by atoms with E-state index in [4.69, 9.17) is 14.6 Å². The van der Waals surface area contributed by atoms with Crippen LogP contribution in [-0.4, -0.2) is 28.3 Å². The lowest BCUT2D eigenvalue weighted by Gasteiger charge is -2.08. The number of hydrogen-bond acceptors (Lipinski definition) is 4. The number of aromatic nitrogens is 2. The third-order valence-corrected chi connectivity index (χ3v) is 2.82. The minimum Gasteiger partial charge on any atom is -0.490 e. The monoisotopic (exact) mass is 246 g/mol. The first kappa shape index (κ1) is 11.1. The van der Waals surface area contributed by atoms with Crippen LogP contribution in [0.15, 0.2) is 24.4 Å². The number of aromatic amines is 1. The molecule has 94 valence electrons. The minimum atomic E-state index is -0.0441. The first-order chi connectivity index (χ1) is 8.86. The largest absolute Gasteiger partial charge is 0.490 e. The maximum absolute atomic E-state index is 9.01. The van der Waals surface area contributed by atoms with Gasteiger partial charge in [0, 0.05) is 12.0 Å². The molecule has 0 bridgehead atoms. The van der Waals surface area contributed by atoms with Crippen LogP contribution >= 0.6 is 0 Å². The third kappa shape index (κ3) is 2.04. The van der Waals surface area contributed by atoms with Gasteiger partial charge in [-0.05, 0) is 18.2 Å². The molecule has 1 aromatic carbocycles. The first-order valence-corrected chi connectivity index (χ1v) is 5.91. The van der Waals surface area contributed by atoms with Crippen molar-refractivity contribution in [3.05, 3.63) is 30.1 Å². The summed E-state index contributed by atoms with van der Waals surface area (Å²) in [5.74, 6) is 2.23. The SMILES string of the molecule is OCc1cnc(-c2ccc3c(c2)OCCCO3)[nH]1. The Morgan fingerprint density at radius 1 is 1.22 bits per heavy atom. The van der Waals surface area contributed by atoms with Crippen LogP contribution in [0.4, 0.5) is 0 Å². The summed E-state index contributed by atoms with van der Waals surface area (Å²) in [5.41, 5.74) is 1.61. The Balaban J connectivity index is 1.95. The van der Waals surface area contributed by atoms with Crippen LogP contribution < -0.4 is 9.47 Å². The van der Waals surface area contributed by atoms with Crippen molar-refractivity contribution < 1.29 is 14.6 Å². The molecule has 0 radical (unpaired) electrons. The van der Waals surface area contributed by atoms with Gasteiger partial charge < -0.3 is 19.6 Å². The topological polar surface area (TPSA) is 67.4 Å². The number of nitrogens with one attached hydrogen (secondary N) is 1. The zero-order chi connectivity index (χ0) is 12.4. The molecule has 0 fully saturated rings. The van der Waals surface area contributed by atoms with Gasteiger partial charge in [-0.3, -0.25) is 0 Å². The minimum absolute atomic E-state index is 0.0441. The normalized spacial score (nSPS) is 14.3. The number of imidazole rings is 1. The number of ether oxygens (including phenoxy) is 2. The van der Waals surface area contributed by atoms with E-state index in [2.05, 4.69) is 9.97 Å². The third-order valence-electron chi connectivity index (χ3n) is 2.82. The van der Waals surface area contributed by atoms with E-state index in [0.717, 1.165) is 29.3 Å². The summed E-state index contributed by atoms with van der Waals surface area (Å²) in [5, 5.41) is 9.01. The number of hydrogen-bond donors (Lipinski definition) is 2. The van der Waals surface area contributed by atoms with Crippen molar-refractivity contribution in [2.45, 2.75) is 13.0 Å². The molecule has 1 aliphatic rings. The van der Waals surface area contributed by atoms with E-state index in [1.807, 2.05) is 18.2 Å². The maximum Gasteiger partial charge on any atom is 0.161 e. The van der Waals surface area contributed by atoms with Crippen LogP contribution in [0.25, 0.3) is 11.4 Å². The van der Waals surface area contributed by atoms with Gasteiger partial charge in [-0.1, -0.05) is 0 Å². The summed E-state index contributed by atoms with van der Waals surface area (Å²) in [6.07, 6.45) is 2.51. The maximum atomic E-state index is 9.01. The molecule has 0 atom stereocenters. The Kier molecular flexibility index (Phi) is 2.90. The Labute approximate surface area is 104 Å². The number of aliphatic hydroxyl groups is 1. The molecule has 0 spiro atoms. The van der Waals surface area contributed by atoms with E-state index in [0.29, 0.717) is 18.9 Å². The molecule has 0 unspecified atom stereocenters. The molecular weight excluding hydrogens is 232 g/mol. The molecule has 0 saturated heterocycles. The van der Waals surface area contributed by atoms with Crippen LogP contribution in [0.1, 0.15) is 12.1 Å². The van der Waals surface area contributed by atoms with E-state index in [1.165, 1.54) is 0 Å². The summed E-state index contributed by atoms with van der Waals surface area (Å²) in [7, 11) is 0. The average Bonchev–Trinajstić information content (AvgIpc) is 2.76. The highest BCUT2D eigenvalue weighted by molar-refractivity contribution is 5.61. The van der Waals surface area contributed by atoms with Crippen molar-refractivity contribution in [3.8, 4) is 22.9 Å². The molecule has 0 amide bonds. The number of fused-ring (bicyclic) bond motifs is 1. The molecule has 1 aromatic heterocycles. The summed E-state index contributed by atoms with van der Waals surface area (Å²) >= 11 is 0. The van der Waals surface area contributed by atoms with Crippen molar-refractivity contribution in [2.75, 3.05) is 13.2 Å². The predicted molar refractivity (Wildman–Crippen MR) is 65.6 cm³/mol. The van der Waals surface area contributed by atoms with Crippen molar-refractivity contribution in [1.82, 2.24) is 9.97 Å².